The third-order valence-corrected chi connectivity index (χ3v) is 4.79. The van der Waals surface area contributed by atoms with Crippen molar-refractivity contribution in [3.63, 3.8) is 0 Å². The Hall–Kier alpha value is -1.92. The van der Waals surface area contributed by atoms with Crippen LogP contribution >= 0.6 is 0 Å². The number of nitrogens with zero attached hydrogens (tertiary/aromatic N) is 1. The van der Waals surface area contributed by atoms with E-state index in [2.05, 4.69) is 7.05 Å². The number of hydrogen-bond acceptors (Lipinski definition) is 3. The van der Waals surface area contributed by atoms with Crippen LogP contribution in [0.25, 0.3) is 0 Å². The average molecular weight is 319 g/mol. The van der Waals surface area contributed by atoms with Crippen molar-refractivity contribution in [2.45, 2.75) is 19.4 Å². The highest BCUT2D eigenvalue weighted by atomic mass is 16.5. The normalized spacial score (nSPS) is 28.3. The maximum atomic E-state index is 12.8. The van der Waals surface area contributed by atoms with Gasteiger partial charge in [-0.05, 0) is 31.2 Å². The van der Waals surface area contributed by atoms with Crippen molar-refractivity contribution in [3.05, 3.63) is 24.3 Å². The Morgan fingerprint density at radius 2 is 1.78 bits per heavy atom. The van der Waals surface area contributed by atoms with Crippen LogP contribution in [0.4, 0.5) is 5.69 Å². The number of piperazine rings is 1. The zero-order valence-electron chi connectivity index (χ0n) is 13.8. The lowest BCUT2D eigenvalue weighted by Gasteiger charge is -2.30. The van der Waals surface area contributed by atoms with Crippen LogP contribution in [0.2, 0.25) is 0 Å². The highest BCUT2D eigenvalue weighted by Crippen LogP contribution is 2.24. The Morgan fingerprint density at radius 1 is 1.13 bits per heavy atom. The molecule has 6 heteroatoms. The number of nitrogens with one attached hydrogen (secondary N) is 2. The van der Waals surface area contributed by atoms with Gasteiger partial charge in [0.1, 0.15) is 31.9 Å². The van der Waals surface area contributed by atoms with Gasteiger partial charge in [-0.25, -0.2) is 4.90 Å². The summed E-state index contributed by atoms with van der Waals surface area (Å²) in [5.74, 6) is 0.594. The molecule has 2 amide bonds. The zero-order valence-corrected chi connectivity index (χ0v) is 13.8. The molecule has 2 heterocycles. The Bertz CT molecular complexity index is 579. The molecule has 124 valence electrons. The summed E-state index contributed by atoms with van der Waals surface area (Å²) in [6.45, 7) is 6.52. The smallest absolute Gasteiger partial charge is 0.292 e. The van der Waals surface area contributed by atoms with E-state index in [0.29, 0.717) is 18.7 Å². The Balaban J connectivity index is 1.73. The minimum atomic E-state index is -0.220. The number of imide groups is 1. The summed E-state index contributed by atoms with van der Waals surface area (Å²) in [6, 6.07) is 6.96. The summed E-state index contributed by atoms with van der Waals surface area (Å²) in [5, 5.41) is 0. The third-order valence-electron chi connectivity index (χ3n) is 4.79. The standard InChI is InChI=1S/C17H23N3O3/c1-3-23-14-6-4-13(5-7-14)20-16(21)12-15(17(20)22)19-10-8-18(2)9-11-19/h4-7,15H,3,8-12H2,1-2H3/p+2. The number of likely N-dealkylation sites (N-methyl/N-ethyl adjacent to an activating group) is 1. The highest BCUT2D eigenvalue weighted by Gasteiger charge is 2.46. The molecule has 23 heavy (non-hydrogen) atoms. The van der Waals surface area contributed by atoms with Gasteiger partial charge in [0.05, 0.1) is 25.8 Å². The number of amides is 2. The van der Waals surface area contributed by atoms with Crippen LogP contribution in [0.5, 0.6) is 5.75 Å². The van der Waals surface area contributed by atoms with Gasteiger partial charge in [0, 0.05) is 0 Å². The van der Waals surface area contributed by atoms with E-state index in [1.165, 1.54) is 14.7 Å². The molecule has 2 aliphatic heterocycles. The number of carbonyl (C=O) groups excluding carboxylic acids is 2. The third kappa shape index (κ3) is 3.23. The highest BCUT2D eigenvalue weighted by molar-refractivity contribution is 6.21. The van der Waals surface area contributed by atoms with Gasteiger partial charge >= 0.3 is 0 Å². The van der Waals surface area contributed by atoms with E-state index < -0.39 is 0 Å². The van der Waals surface area contributed by atoms with Gasteiger partial charge in [-0.1, -0.05) is 0 Å². The molecular formula is C17H25N3O3+2. The number of carbonyl (C=O) groups is 2. The van der Waals surface area contributed by atoms with Crippen molar-refractivity contribution in [3.8, 4) is 5.75 Å². The molecule has 0 saturated carbocycles. The Kier molecular flexibility index (Phi) is 4.63. The molecule has 0 bridgehead atoms. The largest absolute Gasteiger partial charge is 0.494 e. The van der Waals surface area contributed by atoms with Crippen LogP contribution in [0, 0.1) is 0 Å². The summed E-state index contributed by atoms with van der Waals surface area (Å²) >= 11 is 0. The summed E-state index contributed by atoms with van der Waals surface area (Å²) in [5.41, 5.74) is 0.644. The number of hydrogen-bond donors (Lipinski definition) is 2. The minimum absolute atomic E-state index is 0.0614. The monoisotopic (exact) mass is 319 g/mol. The van der Waals surface area contributed by atoms with E-state index in [4.69, 9.17) is 4.74 Å². The van der Waals surface area contributed by atoms with E-state index in [0.717, 1.165) is 31.9 Å². The van der Waals surface area contributed by atoms with Crippen LogP contribution in [-0.2, 0) is 9.59 Å². The second-order valence-corrected chi connectivity index (χ2v) is 6.37. The molecule has 2 fully saturated rings. The predicted molar refractivity (Wildman–Crippen MR) is 85.8 cm³/mol. The molecule has 2 N–H and O–H groups in total. The number of rotatable bonds is 4. The van der Waals surface area contributed by atoms with Crippen molar-refractivity contribution >= 4 is 17.5 Å². The molecule has 0 aromatic heterocycles. The van der Waals surface area contributed by atoms with E-state index in [1.54, 1.807) is 24.3 Å². The van der Waals surface area contributed by atoms with Crippen molar-refractivity contribution in [1.29, 1.82) is 0 Å². The van der Waals surface area contributed by atoms with Crippen molar-refractivity contribution in [2.24, 2.45) is 0 Å². The summed E-state index contributed by atoms with van der Waals surface area (Å²) in [4.78, 5) is 29.2. The van der Waals surface area contributed by atoms with E-state index in [1.807, 2.05) is 6.92 Å². The molecule has 2 aliphatic rings. The maximum absolute atomic E-state index is 12.8. The molecule has 1 aromatic rings. The van der Waals surface area contributed by atoms with E-state index in [-0.39, 0.29) is 17.9 Å². The van der Waals surface area contributed by atoms with Crippen molar-refractivity contribution < 1.29 is 24.1 Å². The average Bonchev–Trinajstić information content (AvgIpc) is 2.84. The van der Waals surface area contributed by atoms with Gasteiger partial charge in [-0.2, -0.15) is 0 Å². The number of benzene rings is 1. The summed E-state index contributed by atoms with van der Waals surface area (Å²) < 4.78 is 5.41. The first-order chi connectivity index (χ1) is 11.1. The SMILES string of the molecule is CCOc1ccc(N2C(=O)CC([NH+]3CC[NH+](C)CC3)C2=O)cc1. The number of quaternary nitrogens is 2. The molecule has 0 radical (unpaired) electrons. The molecule has 0 spiro atoms. The van der Waals surface area contributed by atoms with Gasteiger partial charge in [-0.3, -0.25) is 9.59 Å². The molecule has 1 aromatic carbocycles. The second-order valence-electron chi connectivity index (χ2n) is 6.37. The van der Waals surface area contributed by atoms with Gasteiger partial charge < -0.3 is 14.5 Å². The van der Waals surface area contributed by atoms with E-state index in [9.17, 15) is 9.59 Å². The first kappa shape index (κ1) is 16.0. The molecule has 3 rings (SSSR count). The van der Waals surface area contributed by atoms with Crippen molar-refractivity contribution in [1.82, 2.24) is 0 Å². The van der Waals surface area contributed by atoms with E-state index >= 15 is 0 Å². The Morgan fingerprint density at radius 3 is 2.39 bits per heavy atom. The first-order valence-corrected chi connectivity index (χ1v) is 8.35. The Labute approximate surface area is 136 Å². The van der Waals surface area contributed by atoms with Crippen LogP contribution in [0.1, 0.15) is 13.3 Å². The molecule has 6 nitrogen and oxygen atoms in total. The van der Waals surface area contributed by atoms with Crippen LogP contribution in [-0.4, -0.2) is 57.7 Å². The lowest BCUT2D eigenvalue weighted by atomic mass is 10.2. The lowest BCUT2D eigenvalue weighted by Crippen LogP contribution is -3.29. The number of anilines is 1. The fraction of sp³-hybridized carbons (Fsp3) is 0.529. The van der Waals surface area contributed by atoms with Crippen molar-refractivity contribution in [2.75, 3.05) is 44.7 Å². The van der Waals surface area contributed by atoms with Crippen LogP contribution < -0.4 is 19.4 Å². The van der Waals surface area contributed by atoms with Gasteiger partial charge in [-0.15, -0.1) is 0 Å². The fourth-order valence-corrected chi connectivity index (χ4v) is 3.43. The zero-order chi connectivity index (χ0) is 16.4. The molecule has 2 saturated heterocycles. The van der Waals surface area contributed by atoms with Crippen LogP contribution in [0.3, 0.4) is 0 Å². The lowest BCUT2D eigenvalue weighted by molar-refractivity contribution is -1.01. The summed E-state index contributed by atoms with van der Waals surface area (Å²) in [6.07, 6.45) is 0.320. The minimum Gasteiger partial charge on any atom is -0.494 e. The summed E-state index contributed by atoms with van der Waals surface area (Å²) in [7, 11) is 2.17. The topological polar surface area (TPSA) is 55.5 Å². The predicted octanol–water partition coefficient (Wildman–Crippen LogP) is -1.87. The van der Waals surface area contributed by atoms with Gasteiger partial charge in [0.15, 0.2) is 6.04 Å². The van der Waals surface area contributed by atoms with Gasteiger partial charge in [0.25, 0.3) is 5.91 Å². The molecule has 0 aliphatic carbocycles. The maximum Gasteiger partial charge on any atom is 0.292 e. The first-order valence-electron chi connectivity index (χ1n) is 8.35. The fourth-order valence-electron chi connectivity index (χ4n) is 3.43. The van der Waals surface area contributed by atoms with Crippen LogP contribution in [0.15, 0.2) is 24.3 Å². The second kappa shape index (κ2) is 6.68. The molecule has 1 atom stereocenters. The molecular weight excluding hydrogens is 294 g/mol. The molecule has 1 unspecified atom stereocenters. The quantitative estimate of drug-likeness (QED) is 0.640. The number of ether oxygens (including phenoxy) is 1. The van der Waals surface area contributed by atoms with Gasteiger partial charge in [0.2, 0.25) is 5.91 Å².